The minimum Gasteiger partial charge on any atom is -0.313 e. The van der Waals surface area contributed by atoms with Gasteiger partial charge in [0.05, 0.1) is 0 Å². The zero-order valence-electron chi connectivity index (χ0n) is 12.7. The normalized spacial score (nSPS) is 22.0. The van der Waals surface area contributed by atoms with Crippen molar-refractivity contribution in [2.24, 2.45) is 0 Å². The Bertz CT molecular complexity index is 182. The lowest BCUT2D eigenvalue weighted by Crippen LogP contribution is -2.29. The third-order valence-corrected chi connectivity index (χ3v) is 4.13. The molecule has 2 nitrogen and oxygen atoms in total. The molecular weight excluding hydrogens is 220 g/mol. The molecular formula is C16H34N2. The number of nitrogens with zero attached hydrogens (tertiary/aromatic N) is 1. The van der Waals surface area contributed by atoms with Gasteiger partial charge in [0.2, 0.25) is 0 Å². The summed E-state index contributed by atoms with van der Waals surface area (Å²) in [5.74, 6) is 0. The molecule has 1 aliphatic heterocycles. The number of hydrogen-bond donors (Lipinski definition) is 1. The molecule has 1 N–H and O–H groups in total. The van der Waals surface area contributed by atoms with Crippen molar-refractivity contribution in [2.45, 2.75) is 77.7 Å². The van der Waals surface area contributed by atoms with Gasteiger partial charge in [-0.2, -0.15) is 0 Å². The fourth-order valence-electron chi connectivity index (χ4n) is 2.75. The van der Waals surface area contributed by atoms with Crippen LogP contribution in [0.25, 0.3) is 0 Å². The van der Waals surface area contributed by atoms with Gasteiger partial charge in [0, 0.05) is 19.1 Å². The Morgan fingerprint density at radius 2 is 1.61 bits per heavy atom. The lowest BCUT2D eigenvalue weighted by Gasteiger charge is -2.19. The lowest BCUT2D eigenvalue weighted by molar-refractivity contribution is 0.283. The summed E-state index contributed by atoms with van der Waals surface area (Å²) in [5, 5.41) is 3.56. The first kappa shape index (κ1) is 16.0. The molecule has 0 aromatic carbocycles. The van der Waals surface area contributed by atoms with Gasteiger partial charge < -0.3 is 10.2 Å². The van der Waals surface area contributed by atoms with Crippen molar-refractivity contribution in [3.8, 4) is 0 Å². The van der Waals surface area contributed by atoms with Crippen LogP contribution in [0.5, 0.6) is 0 Å². The fourth-order valence-corrected chi connectivity index (χ4v) is 2.75. The predicted octanol–water partition coefficient (Wildman–Crippen LogP) is 3.81. The first-order valence-electron chi connectivity index (χ1n) is 8.28. The van der Waals surface area contributed by atoms with E-state index in [9.17, 15) is 0 Å². The summed E-state index contributed by atoms with van der Waals surface area (Å²) in [5.41, 5.74) is 0. The second-order valence-corrected chi connectivity index (χ2v) is 5.96. The molecule has 0 bridgehead atoms. The molecule has 0 amide bonds. The van der Waals surface area contributed by atoms with Gasteiger partial charge in [0.25, 0.3) is 0 Å². The second kappa shape index (κ2) is 10.8. The molecule has 0 aromatic rings. The standard InChI is InChI=1S/C16H34N2/c1-3-4-5-6-7-8-9-10-13-18-14-11-16(2)17-12-15-18/h16-17H,3-15H2,1-2H3. The van der Waals surface area contributed by atoms with E-state index in [1.165, 1.54) is 84.0 Å². The number of nitrogens with one attached hydrogen (secondary N) is 1. The van der Waals surface area contributed by atoms with E-state index in [-0.39, 0.29) is 0 Å². The topological polar surface area (TPSA) is 15.3 Å². The highest BCUT2D eigenvalue weighted by Gasteiger charge is 2.11. The van der Waals surface area contributed by atoms with Crippen LogP contribution in [0.2, 0.25) is 0 Å². The largest absolute Gasteiger partial charge is 0.313 e. The van der Waals surface area contributed by atoms with Gasteiger partial charge in [0.1, 0.15) is 0 Å². The van der Waals surface area contributed by atoms with Gasteiger partial charge in [-0.3, -0.25) is 0 Å². The van der Waals surface area contributed by atoms with Crippen molar-refractivity contribution in [3.63, 3.8) is 0 Å². The van der Waals surface area contributed by atoms with Crippen molar-refractivity contribution in [2.75, 3.05) is 26.2 Å². The molecule has 0 spiro atoms. The molecule has 1 saturated heterocycles. The van der Waals surface area contributed by atoms with E-state index in [0.717, 1.165) is 0 Å². The summed E-state index contributed by atoms with van der Waals surface area (Å²) < 4.78 is 0. The van der Waals surface area contributed by atoms with E-state index >= 15 is 0 Å². The third-order valence-electron chi connectivity index (χ3n) is 4.13. The first-order valence-corrected chi connectivity index (χ1v) is 8.28. The molecule has 18 heavy (non-hydrogen) atoms. The highest BCUT2D eigenvalue weighted by atomic mass is 15.2. The molecule has 1 heterocycles. The highest BCUT2D eigenvalue weighted by molar-refractivity contribution is 4.71. The average Bonchev–Trinajstić information content (AvgIpc) is 2.58. The van der Waals surface area contributed by atoms with Gasteiger partial charge in [-0.05, 0) is 32.9 Å². The van der Waals surface area contributed by atoms with Crippen LogP contribution >= 0.6 is 0 Å². The van der Waals surface area contributed by atoms with Gasteiger partial charge in [-0.15, -0.1) is 0 Å². The Morgan fingerprint density at radius 1 is 0.944 bits per heavy atom. The van der Waals surface area contributed by atoms with Crippen molar-refractivity contribution < 1.29 is 0 Å². The van der Waals surface area contributed by atoms with E-state index in [1.807, 2.05) is 0 Å². The van der Waals surface area contributed by atoms with Crippen LogP contribution in [0.3, 0.4) is 0 Å². The molecule has 0 radical (unpaired) electrons. The molecule has 1 fully saturated rings. The summed E-state index contributed by atoms with van der Waals surface area (Å²) in [4.78, 5) is 2.65. The summed E-state index contributed by atoms with van der Waals surface area (Å²) in [6, 6.07) is 0.716. The van der Waals surface area contributed by atoms with E-state index in [2.05, 4.69) is 24.1 Å². The van der Waals surface area contributed by atoms with Crippen molar-refractivity contribution in [3.05, 3.63) is 0 Å². The van der Waals surface area contributed by atoms with E-state index in [0.29, 0.717) is 6.04 Å². The molecule has 0 aliphatic carbocycles. The smallest absolute Gasteiger partial charge is 0.0107 e. The van der Waals surface area contributed by atoms with Crippen LogP contribution in [-0.4, -0.2) is 37.1 Å². The van der Waals surface area contributed by atoms with Gasteiger partial charge in [-0.1, -0.05) is 51.9 Å². The molecule has 0 aromatic heterocycles. The number of hydrogen-bond acceptors (Lipinski definition) is 2. The Labute approximate surface area is 115 Å². The minimum absolute atomic E-state index is 0.716. The average molecular weight is 254 g/mol. The Hall–Kier alpha value is -0.0800. The Morgan fingerprint density at radius 3 is 2.33 bits per heavy atom. The maximum absolute atomic E-state index is 3.56. The maximum atomic E-state index is 3.56. The Balaban J connectivity index is 1.88. The van der Waals surface area contributed by atoms with Crippen LogP contribution in [-0.2, 0) is 0 Å². The number of unbranched alkanes of at least 4 members (excludes halogenated alkanes) is 7. The molecule has 1 aliphatic rings. The molecule has 1 atom stereocenters. The predicted molar refractivity (Wildman–Crippen MR) is 81.1 cm³/mol. The van der Waals surface area contributed by atoms with Crippen LogP contribution in [0, 0.1) is 0 Å². The molecule has 1 rings (SSSR count). The highest BCUT2D eigenvalue weighted by Crippen LogP contribution is 2.09. The zero-order valence-corrected chi connectivity index (χ0v) is 12.7. The van der Waals surface area contributed by atoms with Crippen LogP contribution < -0.4 is 5.32 Å². The van der Waals surface area contributed by atoms with Crippen molar-refractivity contribution in [1.29, 1.82) is 0 Å². The maximum Gasteiger partial charge on any atom is 0.0107 e. The summed E-state index contributed by atoms with van der Waals surface area (Å²) >= 11 is 0. The number of rotatable bonds is 9. The quantitative estimate of drug-likeness (QED) is 0.629. The van der Waals surface area contributed by atoms with Crippen LogP contribution in [0.15, 0.2) is 0 Å². The minimum atomic E-state index is 0.716. The van der Waals surface area contributed by atoms with Crippen molar-refractivity contribution in [1.82, 2.24) is 10.2 Å². The molecule has 2 heteroatoms. The molecule has 1 unspecified atom stereocenters. The van der Waals surface area contributed by atoms with E-state index < -0.39 is 0 Å². The second-order valence-electron chi connectivity index (χ2n) is 5.96. The molecule has 0 saturated carbocycles. The summed E-state index contributed by atoms with van der Waals surface area (Å²) in [7, 11) is 0. The van der Waals surface area contributed by atoms with Gasteiger partial charge in [-0.25, -0.2) is 0 Å². The zero-order chi connectivity index (χ0) is 13.1. The van der Waals surface area contributed by atoms with Crippen molar-refractivity contribution >= 4 is 0 Å². The Kier molecular flexibility index (Phi) is 9.59. The van der Waals surface area contributed by atoms with E-state index in [1.54, 1.807) is 0 Å². The van der Waals surface area contributed by atoms with Gasteiger partial charge in [0.15, 0.2) is 0 Å². The first-order chi connectivity index (χ1) is 8.83. The summed E-state index contributed by atoms with van der Waals surface area (Å²) in [6.45, 7) is 9.64. The van der Waals surface area contributed by atoms with Gasteiger partial charge >= 0.3 is 0 Å². The molecule has 108 valence electrons. The fraction of sp³-hybridized carbons (Fsp3) is 1.00. The monoisotopic (exact) mass is 254 g/mol. The van der Waals surface area contributed by atoms with E-state index in [4.69, 9.17) is 0 Å². The SMILES string of the molecule is CCCCCCCCCCN1CCNC(C)CC1. The third kappa shape index (κ3) is 8.10. The van der Waals surface area contributed by atoms with Crippen LogP contribution in [0.4, 0.5) is 0 Å². The lowest BCUT2D eigenvalue weighted by atomic mass is 10.1. The summed E-state index contributed by atoms with van der Waals surface area (Å²) in [6.07, 6.45) is 12.8. The van der Waals surface area contributed by atoms with Crippen LogP contribution in [0.1, 0.15) is 71.6 Å².